The molecule has 1 spiro atoms. The fourth-order valence-corrected chi connectivity index (χ4v) is 4.49. The molecule has 2 fully saturated rings. The van der Waals surface area contributed by atoms with Gasteiger partial charge in [-0.2, -0.15) is 0 Å². The van der Waals surface area contributed by atoms with E-state index in [9.17, 15) is 9.18 Å². The van der Waals surface area contributed by atoms with Gasteiger partial charge in [0.1, 0.15) is 18.0 Å². The summed E-state index contributed by atoms with van der Waals surface area (Å²) in [5.74, 6) is 1.06. The van der Waals surface area contributed by atoms with Crippen LogP contribution in [0.15, 0.2) is 42.5 Å². The van der Waals surface area contributed by atoms with E-state index in [0.717, 1.165) is 44.3 Å². The number of carbonyl (C=O) groups is 1. The second-order valence-electron chi connectivity index (χ2n) is 7.78. The van der Waals surface area contributed by atoms with E-state index in [1.807, 2.05) is 18.2 Å². The third kappa shape index (κ3) is 3.94. The number of hydrogen-bond acceptors (Lipinski definition) is 4. The van der Waals surface area contributed by atoms with E-state index in [1.54, 1.807) is 25.3 Å². The molecule has 0 radical (unpaired) electrons. The van der Waals surface area contributed by atoms with Gasteiger partial charge in [-0.05, 0) is 56.0 Å². The van der Waals surface area contributed by atoms with Crippen LogP contribution < -0.4 is 14.8 Å². The number of nitrogens with zero attached hydrogens (tertiary/aromatic N) is 1. The Balaban J connectivity index is 1.52. The molecular weight excluding hydrogens is 371 g/mol. The number of halogens is 1. The van der Waals surface area contributed by atoms with E-state index < -0.39 is 0 Å². The molecule has 6 heteroatoms. The number of benzene rings is 2. The van der Waals surface area contributed by atoms with Crippen molar-refractivity contribution in [2.45, 2.75) is 44.4 Å². The lowest BCUT2D eigenvalue weighted by molar-refractivity contribution is -0.134. The van der Waals surface area contributed by atoms with Crippen molar-refractivity contribution in [2.24, 2.45) is 0 Å². The van der Waals surface area contributed by atoms with Gasteiger partial charge in [0.25, 0.3) is 0 Å². The molecule has 2 aliphatic rings. The highest BCUT2D eigenvalue weighted by Gasteiger charge is 2.48. The van der Waals surface area contributed by atoms with Gasteiger partial charge in [0.2, 0.25) is 5.91 Å². The largest absolute Gasteiger partial charge is 0.493 e. The van der Waals surface area contributed by atoms with Crippen LogP contribution >= 0.6 is 0 Å². The van der Waals surface area contributed by atoms with Gasteiger partial charge < -0.3 is 14.8 Å². The molecule has 29 heavy (non-hydrogen) atoms. The highest BCUT2D eigenvalue weighted by Crippen LogP contribution is 2.38. The summed E-state index contributed by atoms with van der Waals surface area (Å²) in [6.07, 6.45) is 3.86. The van der Waals surface area contributed by atoms with E-state index in [-0.39, 0.29) is 23.9 Å². The first-order chi connectivity index (χ1) is 14.1. The van der Waals surface area contributed by atoms with Crippen LogP contribution in [0.5, 0.6) is 11.5 Å². The van der Waals surface area contributed by atoms with E-state index in [2.05, 4.69) is 10.2 Å². The Labute approximate surface area is 170 Å². The smallest absolute Gasteiger partial charge is 0.240 e. The molecule has 0 aromatic heterocycles. The fraction of sp³-hybridized carbons (Fsp3) is 0.435. The van der Waals surface area contributed by atoms with Gasteiger partial charge in [-0.3, -0.25) is 9.69 Å². The minimum absolute atomic E-state index is 0.128. The summed E-state index contributed by atoms with van der Waals surface area (Å²) >= 11 is 0. The van der Waals surface area contributed by atoms with Crippen molar-refractivity contribution < 1.29 is 18.7 Å². The number of likely N-dealkylation sites (tertiary alicyclic amines) is 1. The highest BCUT2D eigenvalue weighted by molar-refractivity contribution is 5.87. The molecule has 0 aliphatic carbocycles. The topological polar surface area (TPSA) is 50.8 Å². The summed E-state index contributed by atoms with van der Waals surface area (Å²) in [6, 6.07) is 12.4. The summed E-state index contributed by atoms with van der Waals surface area (Å²) in [5, 5.41) is 3.04. The zero-order chi connectivity index (χ0) is 20.3. The van der Waals surface area contributed by atoms with Gasteiger partial charge in [-0.25, -0.2) is 4.39 Å². The predicted molar refractivity (Wildman–Crippen MR) is 108 cm³/mol. The lowest BCUT2D eigenvalue weighted by atomic mass is 9.86. The molecule has 1 amide bonds. The number of rotatable bonds is 6. The number of methoxy groups -OCH3 is 1. The molecule has 1 unspecified atom stereocenters. The number of hydrogen-bond donors (Lipinski definition) is 1. The normalized spacial score (nSPS) is 21.9. The molecule has 0 saturated carbocycles. The first-order valence-corrected chi connectivity index (χ1v) is 10.2. The molecule has 2 aromatic rings. The first kappa shape index (κ1) is 19.7. The quantitative estimate of drug-likeness (QED) is 0.807. The molecule has 1 N–H and O–H groups in total. The van der Waals surface area contributed by atoms with Crippen molar-refractivity contribution in [2.75, 3.05) is 20.2 Å². The van der Waals surface area contributed by atoms with E-state index in [0.29, 0.717) is 23.6 Å². The standard InChI is InChI=1S/C23H27FN2O3/c1-28-20-9-8-17(14-21(20)29-16-18-6-2-3-7-19(18)24)15-26-13-5-11-23(26)10-4-12-25-22(23)27/h2-3,6-9,14H,4-5,10-13,15-16H2,1H3,(H,25,27). The Morgan fingerprint density at radius 3 is 2.76 bits per heavy atom. The molecule has 2 saturated heterocycles. The molecular formula is C23H27FN2O3. The molecule has 154 valence electrons. The van der Waals surface area contributed by atoms with Crippen molar-refractivity contribution in [3.05, 3.63) is 59.4 Å². The molecule has 4 rings (SSSR count). The first-order valence-electron chi connectivity index (χ1n) is 10.2. The summed E-state index contributed by atoms with van der Waals surface area (Å²) in [4.78, 5) is 14.9. The predicted octanol–water partition coefficient (Wildman–Crippen LogP) is 3.66. The maximum absolute atomic E-state index is 13.9. The Morgan fingerprint density at radius 1 is 1.14 bits per heavy atom. The van der Waals surface area contributed by atoms with Crippen molar-refractivity contribution in [1.82, 2.24) is 10.2 Å². The monoisotopic (exact) mass is 398 g/mol. The number of carbonyl (C=O) groups excluding carboxylic acids is 1. The Hall–Kier alpha value is -2.60. The van der Waals surface area contributed by atoms with Crippen LogP contribution in [0.3, 0.4) is 0 Å². The minimum Gasteiger partial charge on any atom is -0.493 e. The number of nitrogens with one attached hydrogen (secondary N) is 1. The number of piperidine rings is 1. The summed E-state index contributed by atoms with van der Waals surface area (Å²) in [5.41, 5.74) is 1.16. The minimum atomic E-state index is -0.383. The second-order valence-corrected chi connectivity index (χ2v) is 7.78. The fourth-order valence-electron chi connectivity index (χ4n) is 4.49. The van der Waals surface area contributed by atoms with Crippen LogP contribution in [0.25, 0.3) is 0 Å². The summed E-state index contributed by atoms with van der Waals surface area (Å²) in [6.45, 7) is 2.48. The van der Waals surface area contributed by atoms with Crippen molar-refractivity contribution >= 4 is 5.91 Å². The van der Waals surface area contributed by atoms with Crippen molar-refractivity contribution in [3.63, 3.8) is 0 Å². The Kier molecular flexibility index (Phi) is 5.72. The average molecular weight is 398 g/mol. The maximum Gasteiger partial charge on any atom is 0.240 e. The van der Waals surface area contributed by atoms with Crippen LogP contribution in [-0.2, 0) is 17.9 Å². The number of ether oxygens (including phenoxy) is 2. The summed E-state index contributed by atoms with van der Waals surface area (Å²) < 4.78 is 25.2. The van der Waals surface area contributed by atoms with E-state index >= 15 is 0 Å². The zero-order valence-corrected chi connectivity index (χ0v) is 16.7. The second kappa shape index (κ2) is 8.41. The molecule has 5 nitrogen and oxygen atoms in total. The Bertz CT molecular complexity index is 888. The molecule has 0 bridgehead atoms. The van der Waals surface area contributed by atoms with Crippen LogP contribution in [0.1, 0.15) is 36.8 Å². The number of amides is 1. The van der Waals surface area contributed by atoms with Gasteiger partial charge in [-0.15, -0.1) is 0 Å². The summed E-state index contributed by atoms with van der Waals surface area (Å²) in [7, 11) is 1.59. The lowest BCUT2D eigenvalue weighted by Crippen LogP contribution is -2.58. The average Bonchev–Trinajstić information content (AvgIpc) is 3.13. The van der Waals surface area contributed by atoms with Crippen LogP contribution in [0, 0.1) is 5.82 Å². The third-order valence-electron chi connectivity index (χ3n) is 6.04. The third-order valence-corrected chi connectivity index (χ3v) is 6.04. The van der Waals surface area contributed by atoms with Crippen molar-refractivity contribution in [3.8, 4) is 11.5 Å². The van der Waals surface area contributed by atoms with Gasteiger partial charge in [0.15, 0.2) is 11.5 Å². The lowest BCUT2D eigenvalue weighted by Gasteiger charge is -2.40. The molecule has 2 aromatic carbocycles. The van der Waals surface area contributed by atoms with Gasteiger partial charge in [0.05, 0.1) is 7.11 Å². The van der Waals surface area contributed by atoms with Crippen molar-refractivity contribution in [1.29, 1.82) is 0 Å². The SMILES string of the molecule is COc1ccc(CN2CCCC23CCCNC3=O)cc1OCc1ccccc1F. The molecule has 2 heterocycles. The maximum atomic E-state index is 13.9. The van der Waals surface area contributed by atoms with Crippen LogP contribution in [0.2, 0.25) is 0 Å². The Morgan fingerprint density at radius 2 is 1.97 bits per heavy atom. The molecule has 1 atom stereocenters. The molecule has 2 aliphatic heterocycles. The zero-order valence-electron chi connectivity index (χ0n) is 16.7. The highest BCUT2D eigenvalue weighted by atomic mass is 19.1. The van der Waals surface area contributed by atoms with E-state index in [4.69, 9.17) is 9.47 Å². The van der Waals surface area contributed by atoms with Gasteiger partial charge >= 0.3 is 0 Å². The van der Waals surface area contributed by atoms with Crippen LogP contribution in [-0.4, -0.2) is 36.5 Å². The van der Waals surface area contributed by atoms with Crippen LogP contribution in [0.4, 0.5) is 4.39 Å². The van der Waals surface area contributed by atoms with Gasteiger partial charge in [0, 0.05) is 18.7 Å². The van der Waals surface area contributed by atoms with Gasteiger partial charge in [-0.1, -0.05) is 24.3 Å². The van der Waals surface area contributed by atoms with E-state index in [1.165, 1.54) is 6.07 Å².